The first-order chi connectivity index (χ1) is 11.5. The van der Waals surface area contributed by atoms with E-state index in [-0.39, 0.29) is 12.2 Å². The van der Waals surface area contributed by atoms with E-state index in [1.54, 1.807) is 0 Å². The summed E-state index contributed by atoms with van der Waals surface area (Å²) in [6, 6.07) is 0. The van der Waals surface area contributed by atoms with Crippen LogP contribution >= 0.6 is 12.2 Å². The van der Waals surface area contributed by atoms with Crippen LogP contribution in [-0.4, -0.2) is 47.8 Å². The highest BCUT2D eigenvalue weighted by Gasteiger charge is 2.38. The largest absolute Gasteiger partial charge is 0.460 e. The molecule has 2 fully saturated rings. The highest BCUT2D eigenvalue weighted by molar-refractivity contribution is 7.80. The fourth-order valence-electron chi connectivity index (χ4n) is 3.13. The molecule has 2 aliphatic heterocycles. The van der Waals surface area contributed by atoms with E-state index < -0.39 is 5.79 Å². The third-order valence-electron chi connectivity index (χ3n) is 4.55. The molecule has 2 atom stereocenters. The molecular weight excluding hydrogens is 322 g/mol. The van der Waals surface area contributed by atoms with Gasteiger partial charge in [-0.2, -0.15) is 0 Å². The molecule has 0 aromatic carbocycles. The standard InChI is InChI=1S/C19H33NO3S/c1-4-5-6-7-8-9-12-16(17-15-21-19(2,3)23-17)22-18(24)20-13-10-11-14-20/h9,12,16-17H,4-8,10-11,13-15H2,1-3H3/b12-9+/t16-,17+/m0/s1. The van der Waals surface area contributed by atoms with Gasteiger partial charge in [-0.1, -0.05) is 32.3 Å². The summed E-state index contributed by atoms with van der Waals surface area (Å²) < 4.78 is 17.8. The van der Waals surface area contributed by atoms with E-state index in [2.05, 4.69) is 24.0 Å². The summed E-state index contributed by atoms with van der Waals surface area (Å²) in [5.41, 5.74) is 0. The highest BCUT2D eigenvalue weighted by Crippen LogP contribution is 2.26. The van der Waals surface area contributed by atoms with Crippen molar-refractivity contribution in [3.05, 3.63) is 12.2 Å². The van der Waals surface area contributed by atoms with Gasteiger partial charge in [0.2, 0.25) is 0 Å². The third-order valence-corrected chi connectivity index (χ3v) is 4.90. The van der Waals surface area contributed by atoms with Gasteiger partial charge >= 0.3 is 0 Å². The molecule has 0 bridgehead atoms. The summed E-state index contributed by atoms with van der Waals surface area (Å²) in [5.74, 6) is -0.545. The normalized spacial score (nSPS) is 24.6. The van der Waals surface area contributed by atoms with Gasteiger partial charge in [0, 0.05) is 13.1 Å². The Morgan fingerprint density at radius 1 is 1.29 bits per heavy atom. The minimum Gasteiger partial charge on any atom is -0.460 e. The Kier molecular flexibility index (Phi) is 7.98. The number of unbranched alkanes of at least 4 members (excludes halogenated alkanes) is 4. The average Bonchev–Trinajstić information content (AvgIpc) is 3.19. The molecule has 0 aromatic heterocycles. The van der Waals surface area contributed by atoms with Gasteiger partial charge in [-0.15, -0.1) is 0 Å². The van der Waals surface area contributed by atoms with Crippen molar-refractivity contribution < 1.29 is 14.2 Å². The van der Waals surface area contributed by atoms with Crippen LogP contribution in [0.5, 0.6) is 0 Å². The maximum absolute atomic E-state index is 6.10. The van der Waals surface area contributed by atoms with E-state index in [0.29, 0.717) is 11.8 Å². The molecule has 0 radical (unpaired) electrons. The number of rotatable bonds is 8. The van der Waals surface area contributed by atoms with Crippen LogP contribution < -0.4 is 0 Å². The fourth-order valence-corrected chi connectivity index (χ4v) is 3.42. The van der Waals surface area contributed by atoms with Crippen LogP contribution in [0.25, 0.3) is 0 Å². The van der Waals surface area contributed by atoms with Crippen LogP contribution in [-0.2, 0) is 14.2 Å². The summed E-state index contributed by atoms with van der Waals surface area (Å²) in [4.78, 5) is 2.15. The Balaban J connectivity index is 1.88. The van der Waals surface area contributed by atoms with Crippen molar-refractivity contribution in [2.75, 3.05) is 19.7 Å². The first kappa shape index (κ1) is 19.7. The molecule has 138 valence electrons. The van der Waals surface area contributed by atoms with Crippen molar-refractivity contribution in [2.45, 2.75) is 83.7 Å². The van der Waals surface area contributed by atoms with Crippen molar-refractivity contribution in [1.82, 2.24) is 4.90 Å². The minimum absolute atomic E-state index is 0.104. The Morgan fingerprint density at radius 3 is 2.67 bits per heavy atom. The number of thiocarbonyl (C=S) groups is 1. The van der Waals surface area contributed by atoms with E-state index in [1.165, 1.54) is 38.5 Å². The monoisotopic (exact) mass is 355 g/mol. The minimum atomic E-state index is -0.545. The predicted octanol–water partition coefficient (Wildman–Crippen LogP) is 4.43. The van der Waals surface area contributed by atoms with Crippen molar-refractivity contribution in [1.29, 1.82) is 0 Å². The molecule has 0 amide bonds. The van der Waals surface area contributed by atoms with E-state index >= 15 is 0 Å². The maximum atomic E-state index is 6.10. The zero-order valence-electron chi connectivity index (χ0n) is 15.5. The molecular formula is C19H33NO3S. The number of likely N-dealkylation sites (tertiary alicyclic amines) is 1. The lowest BCUT2D eigenvalue weighted by molar-refractivity contribution is -0.146. The van der Waals surface area contributed by atoms with Gasteiger partial charge in [-0.3, -0.25) is 0 Å². The Bertz CT molecular complexity index is 419. The first-order valence-corrected chi connectivity index (χ1v) is 9.86. The molecule has 0 saturated carbocycles. The lowest BCUT2D eigenvalue weighted by Crippen LogP contribution is -2.38. The second-order valence-electron chi connectivity index (χ2n) is 7.19. The SMILES string of the molecule is CCCCCC/C=C/[C@H](OC(=S)N1CCCC1)[C@H]1COC(C)(C)O1. The van der Waals surface area contributed by atoms with Crippen LogP contribution in [0.3, 0.4) is 0 Å². The first-order valence-electron chi connectivity index (χ1n) is 9.46. The zero-order valence-corrected chi connectivity index (χ0v) is 16.3. The van der Waals surface area contributed by atoms with Crippen molar-refractivity contribution in [2.24, 2.45) is 0 Å². The van der Waals surface area contributed by atoms with Crippen LogP contribution in [0.1, 0.15) is 65.7 Å². The summed E-state index contributed by atoms with van der Waals surface area (Å²) >= 11 is 5.49. The zero-order chi connectivity index (χ0) is 17.4. The molecule has 5 heteroatoms. The molecule has 0 aliphatic carbocycles. The second kappa shape index (κ2) is 9.73. The third kappa shape index (κ3) is 6.34. The summed E-state index contributed by atoms with van der Waals surface area (Å²) in [6.45, 7) is 8.66. The molecule has 24 heavy (non-hydrogen) atoms. The Morgan fingerprint density at radius 2 is 2.04 bits per heavy atom. The highest BCUT2D eigenvalue weighted by atomic mass is 32.1. The van der Waals surface area contributed by atoms with E-state index in [4.69, 9.17) is 26.4 Å². The topological polar surface area (TPSA) is 30.9 Å². The van der Waals surface area contributed by atoms with Crippen LogP contribution in [0.4, 0.5) is 0 Å². The quantitative estimate of drug-likeness (QED) is 0.365. The number of hydrogen-bond donors (Lipinski definition) is 0. The Labute approximate surface area is 152 Å². The molecule has 0 aromatic rings. The molecule has 0 unspecified atom stereocenters. The van der Waals surface area contributed by atoms with Gasteiger partial charge < -0.3 is 19.1 Å². The summed E-state index contributed by atoms with van der Waals surface area (Å²) in [6.07, 6.45) is 12.6. The van der Waals surface area contributed by atoms with E-state index in [0.717, 1.165) is 19.5 Å². The van der Waals surface area contributed by atoms with Crippen molar-refractivity contribution in [3.8, 4) is 0 Å². The van der Waals surface area contributed by atoms with Gasteiger partial charge in [-0.05, 0) is 57.8 Å². The van der Waals surface area contributed by atoms with Crippen LogP contribution in [0, 0.1) is 0 Å². The van der Waals surface area contributed by atoms with Crippen LogP contribution in [0.2, 0.25) is 0 Å². The number of nitrogens with zero attached hydrogens (tertiary/aromatic N) is 1. The van der Waals surface area contributed by atoms with Gasteiger partial charge in [0.25, 0.3) is 5.17 Å². The average molecular weight is 356 g/mol. The summed E-state index contributed by atoms with van der Waals surface area (Å²) in [7, 11) is 0. The molecule has 2 saturated heterocycles. The van der Waals surface area contributed by atoms with Gasteiger partial charge in [0.05, 0.1) is 6.61 Å². The molecule has 2 rings (SSSR count). The van der Waals surface area contributed by atoms with Crippen molar-refractivity contribution in [3.63, 3.8) is 0 Å². The molecule has 2 aliphatic rings. The smallest absolute Gasteiger partial charge is 0.259 e. The lowest BCUT2D eigenvalue weighted by atomic mass is 10.1. The molecule has 4 nitrogen and oxygen atoms in total. The van der Waals surface area contributed by atoms with Crippen LogP contribution in [0.15, 0.2) is 12.2 Å². The predicted molar refractivity (Wildman–Crippen MR) is 101 cm³/mol. The maximum Gasteiger partial charge on any atom is 0.259 e. The molecule has 0 N–H and O–H groups in total. The summed E-state index contributed by atoms with van der Waals surface area (Å²) in [5, 5.41) is 0.599. The number of ether oxygens (including phenoxy) is 3. The van der Waals surface area contributed by atoms with Gasteiger partial charge in [0.1, 0.15) is 12.2 Å². The van der Waals surface area contributed by atoms with Crippen molar-refractivity contribution >= 4 is 17.4 Å². The van der Waals surface area contributed by atoms with E-state index in [1.807, 2.05) is 13.8 Å². The molecule has 0 spiro atoms. The second-order valence-corrected chi connectivity index (χ2v) is 7.54. The number of allylic oxidation sites excluding steroid dienone is 1. The lowest BCUT2D eigenvalue weighted by Gasteiger charge is -2.26. The van der Waals surface area contributed by atoms with Gasteiger partial charge in [-0.25, -0.2) is 0 Å². The van der Waals surface area contributed by atoms with Gasteiger partial charge in [0.15, 0.2) is 5.79 Å². The van der Waals surface area contributed by atoms with E-state index in [9.17, 15) is 0 Å². The molecule has 2 heterocycles. The Hall–Kier alpha value is -0.650. The number of hydrogen-bond acceptors (Lipinski definition) is 4. The fraction of sp³-hybridized carbons (Fsp3) is 0.842.